The first-order valence-electron chi connectivity index (χ1n) is 10.1. The summed E-state index contributed by atoms with van der Waals surface area (Å²) in [7, 11) is 0. The van der Waals surface area contributed by atoms with E-state index in [1.807, 2.05) is 30.7 Å². The molecule has 0 bridgehead atoms. The lowest BCUT2D eigenvalue weighted by Crippen LogP contribution is -2.28. The van der Waals surface area contributed by atoms with Crippen LogP contribution in [0.15, 0.2) is 18.2 Å². The fourth-order valence-electron chi connectivity index (χ4n) is 3.92. The van der Waals surface area contributed by atoms with E-state index in [0.717, 1.165) is 35.5 Å². The zero-order valence-corrected chi connectivity index (χ0v) is 17.7. The van der Waals surface area contributed by atoms with Gasteiger partial charge in [-0.25, -0.2) is 4.68 Å². The largest absolute Gasteiger partial charge is 0.384 e. The molecule has 0 spiro atoms. The van der Waals surface area contributed by atoms with E-state index in [-0.39, 0.29) is 11.2 Å². The first-order valence-corrected chi connectivity index (χ1v) is 10.1. The number of aromatic nitrogens is 2. The molecule has 0 radical (unpaired) electrons. The molecule has 0 fully saturated rings. The van der Waals surface area contributed by atoms with Crippen molar-refractivity contribution in [3.8, 4) is 5.69 Å². The number of nitrogens with two attached hydrogens (primary N) is 1. The van der Waals surface area contributed by atoms with Crippen molar-refractivity contribution in [2.24, 2.45) is 11.1 Å². The highest BCUT2D eigenvalue weighted by molar-refractivity contribution is 6.00. The highest BCUT2D eigenvalue weighted by atomic mass is 16.5. The molecule has 1 aliphatic rings. The lowest BCUT2D eigenvalue weighted by Gasteiger charge is -2.29. The SMILES string of the molecule is CCOCCCNc1cc(-n2nc(C)c3c2CC(C)(C)CC3=O)ccc1C(N)=O. The van der Waals surface area contributed by atoms with Crippen molar-refractivity contribution in [1.29, 1.82) is 0 Å². The molecule has 0 saturated carbocycles. The van der Waals surface area contributed by atoms with E-state index < -0.39 is 5.91 Å². The summed E-state index contributed by atoms with van der Waals surface area (Å²) in [5, 5.41) is 7.93. The van der Waals surface area contributed by atoms with Gasteiger partial charge in [0.2, 0.25) is 0 Å². The maximum Gasteiger partial charge on any atom is 0.250 e. The van der Waals surface area contributed by atoms with E-state index in [0.29, 0.717) is 37.4 Å². The lowest BCUT2D eigenvalue weighted by molar-refractivity contribution is 0.0909. The van der Waals surface area contributed by atoms with Crippen LogP contribution in [0, 0.1) is 12.3 Å². The Kier molecular flexibility index (Phi) is 6.07. The number of primary amides is 1. The van der Waals surface area contributed by atoms with Gasteiger partial charge in [0.15, 0.2) is 5.78 Å². The first kappa shape index (κ1) is 21.0. The van der Waals surface area contributed by atoms with Gasteiger partial charge < -0.3 is 15.8 Å². The summed E-state index contributed by atoms with van der Waals surface area (Å²) in [6.45, 7) is 10.0. The van der Waals surface area contributed by atoms with Gasteiger partial charge in [0.25, 0.3) is 5.91 Å². The van der Waals surface area contributed by atoms with E-state index in [1.54, 1.807) is 6.07 Å². The van der Waals surface area contributed by atoms with E-state index in [2.05, 4.69) is 24.3 Å². The van der Waals surface area contributed by atoms with Crippen molar-refractivity contribution in [3.05, 3.63) is 40.7 Å². The number of ketones is 1. The average Bonchev–Trinajstić information content (AvgIpc) is 2.96. The van der Waals surface area contributed by atoms with Crippen LogP contribution in [0.4, 0.5) is 5.69 Å². The minimum atomic E-state index is -0.487. The van der Waals surface area contributed by atoms with Crippen molar-refractivity contribution in [3.63, 3.8) is 0 Å². The average molecular weight is 399 g/mol. The number of Topliss-reactive ketones (excluding diaryl/α,β-unsaturated/α-hetero) is 1. The highest BCUT2D eigenvalue weighted by Crippen LogP contribution is 2.37. The second kappa shape index (κ2) is 8.37. The predicted molar refractivity (Wildman–Crippen MR) is 113 cm³/mol. The molecular weight excluding hydrogens is 368 g/mol. The molecule has 1 aromatic carbocycles. The minimum absolute atomic E-state index is 0.109. The van der Waals surface area contributed by atoms with Crippen molar-refractivity contribution in [2.75, 3.05) is 25.1 Å². The fourth-order valence-corrected chi connectivity index (χ4v) is 3.92. The van der Waals surface area contributed by atoms with E-state index in [4.69, 9.17) is 10.5 Å². The number of fused-ring (bicyclic) bond motifs is 1. The molecule has 7 heteroatoms. The molecule has 156 valence electrons. The summed E-state index contributed by atoms with van der Waals surface area (Å²) >= 11 is 0. The second-order valence-corrected chi connectivity index (χ2v) is 8.33. The van der Waals surface area contributed by atoms with Gasteiger partial charge in [0.05, 0.1) is 28.2 Å². The maximum absolute atomic E-state index is 12.7. The number of rotatable bonds is 8. The van der Waals surface area contributed by atoms with Crippen molar-refractivity contribution >= 4 is 17.4 Å². The predicted octanol–water partition coefficient (Wildman–Crippen LogP) is 3.27. The van der Waals surface area contributed by atoms with Crippen LogP contribution in [-0.2, 0) is 11.2 Å². The first-order chi connectivity index (χ1) is 13.7. The van der Waals surface area contributed by atoms with Gasteiger partial charge in [-0.15, -0.1) is 0 Å². The monoisotopic (exact) mass is 398 g/mol. The van der Waals surface area contributed by atoms with E-state index >= 15 is 0 Å². The van der Waals surface area contributed by atoms with Crippen LogP contribution in [0.25, 0.3) is 5.69 Å². The molecule has 1 aromatic heterocycles. The Labute approximate surface area is 171 Å². The molecule has 3 rings (SSSR count). The molecule has 3 N–H and O–H groups in total. The van der Waals surface area contributed by atoms with E-state index in [1.165, 1.54) is 0 Å². The normalized spacial score (nSPS) is 15.2. The van der Waals surface area contributed by atoms with Gasteiger partial charge in [-0.1, -0.05) is 13.8 Å². The van der Waals surface area contributed by atoms with E-state index in [9.17, 15) is 9.59 Å². The van der Waals surface area contributed by atoms with Gasteiger partial charge >= 0.3 is 0 Å². The Bertz CT molecular complexity index is 930. The number of carbonyl (C=O) groups excluding carboxylic acids is 2. The van der Waals surface area contributed by atoms with Gasteiger partial charge in [-0.05, 0) is 50.3 Å². The zero-order chi connectivity index (χ0) is 21.2. The molecule has 0 aliphatic heterocycles. The fraction of sp³-hybridized carbons (Fsp3) is 0.500. The summed E-state index contributed by atoms with van der Waals surface area (Å²) in [6.07, 6.45) is 2.11. The van der Waals surface area contributed by atoms with Crippen molar-refractivity contribution in [2.45, 2.75) is 47.0 Å². The Morgan fingerprint density at radius 3 is 2.79 bits per heavy atom. The van der Waals surface area contributed by atoms with Crippen LogP contribution in [-0.4, -0.2) is 41.2 Å². The molecule has 1 amide bonds. The number of hydrogen-bond donors (Lipinski definition) is 2. The third-order valence-electron chi connectivity index (χ3n) is 5.22. The van der Waals surface area contributed by atoms with Gasteiger partial charge in [-0.2, -0.15) is 5.10 Å². The number of benzene rings is 1. The zero-order valence-electron chi connectivity index (χ0n) is 17.7. The van der Waals surface area contributed by atoms with Crippen LogP contribution in [0.1, 0.15) is 65.7 Å². The van der Waals surface area contributed by atoms with Gasteiger partial charge in [0, 0.05) is 31.9 Å². The number of aryl methyl sites for hydroxylation is 1. The number of nitrogens with zero attached hydrogens (tertiary/aromatic N) is 2. The second-order valence-electron chi connectivity index (χ2n) is 8.33. The standard InChI is InChI=1S/C22H30N4O3/c1-5-29-10-6-9-24-17-11-15(7-8-16(17)21(23)28)26-18-12-22(3,4)13-19(27)20(18)14(2)25-26/h7-8,11,24H,5-6,9-10,12-13H2,1-4H3,(H2,23,28). The number of nitrogens with one attached hydrogen (secondary N) is 1. The molecule has 0 atom stereocenters. The van der Waals surface area contributed by atoms with Crippen LogP contribution in [0.3, 0.4) is 0 Å². The summed E-state index contributed by atoms with van der Waals surface area (Å²) in [5.41, 5.74) is 9.74. The van der Waals surface area contributed by atoms with Crippen molar-refractivity contribution in [1.82, 2.24) is 9.78 Å². The maximum atomic E-state index is 12.7. The molecule has 7 nitrogen and oxygen atoms in total. The van der Waals surface area contributed by atoms with Crippen LogP contribution in [0.2, 0.25) is 0 Å². The molecule has 0 saturated heterocycles. The number of anilines is 1. The Hall–Kier alpha value is -2.67. The Morgan fingerprint density at radius 2 is 2.10 bits per heavy atom. The molecule has 2 aromatic rings. The Balaban J connectivity index is 1.96. The third kappa shape index (κ3) is 4.50. The molecule has 0 unspecified atom stereocenters. The molecule has 29 heavy (non-hydrogen) atoms. The van der Waals surface area contributed by atoms with Crippen LogP contribution in [0.5, 0.6) is 0 Å². The number of ether oxygens (including phenoxy) is 1. The highest BCUT2D eigenvalue weighted by Gasteiger charge is 2.35. The van der Waals surface area contributed by atoms with Crippen LogP contribution >= 0.6 is 0 Å². The van der Waals surface area contributed by atoms with Crippen molar-refractivity contribution < 1.29 is 14.3 Å². The smallest absolute Gasteiger partial charge is 0.250 e. The van der Waals surface area contributed by atoms with Gasteiger partial charge in [-0.3, -0.25) is 9.59 Å². The number of hydrogen-bond acceptors (Lipinski definition) is 5. The lowest BCUT2D eigenvalue weighted by atomic mass is 9.75. The summed E-state index contributed by atoms with van der Waals surface area (Å²) in [4.78, 5) is 24.5. The third-order valence-corrected chi connectivity index (χ3v) is 5.22. The minimum Gasteiger partial charge on any atom is -0.384 e. The van der Waals surface area contributed by atoms with Crippen LogP contribution < -0.4 is 11.1 Å². The number of carbonyl (C=O) groups is 2. The molecule has 1 aliphatic carbocycles. The summed E-state index contributed by atoms with van der Waals surface area (Å²) in [6, 6.07) is 5.41. The van der Waals surface area contributed by atoms with Gasteiger partial charge in [0.1, 0.15) is 0 Å². The number of amides is 1. The topological polar surface area (TPSA) is 99.2 Å². The summed E-state index contributed by atoms with van der Waals surface area (Å²) < 4.78 is 7.19. The molecular formula is C22H30N4O3. The summed E-state index contributed by atoms with van der Waals surface area (Å²) in [5.74, 6) is -0.345. The molecule has 1 heterocycles. The Morgan fingerprint density at radius 1 is 1.34 bits per heavy atom. The quantitative estimate of drug-likeness (QED) is 0.665.